The fraction of sp³-hybridized carbons (Fsp3) is 0.231. The molecular formula is C26H26BrN3O5S2. The van der Waals surface area contributed by atoms with Crippen molar-refractivity contribution >= 4 is 64.8 Å². The lowest BCUT2D eigenvalue weighted by atomic mass is 10.2. The Morgan fingerprint density at radius 2 is 1.81 bits per heavy atom. The largest absolute Gasteiger partial charge is 0.496 e. The molecule has 37 heavy (non-hydrogen) atoms. The van der Waals surface area contributed by atoms with Crippen LogP contribution in [-0.4, -0.2) is 32.5 Å². The van der Waals surface area contributed by atoms with Crippen molar-refractivity contribution in [2.75, 3.05) is 23.3 Å². The van der Waals surface area contributed by atoms with Crippen LogP contribution in [0.4, 0.5) is 11.4 Å². The van der Waals surface area contributed by atoms with Crippen molar-refractivity contribution in [3.8, 4) is 5.75 Å². The second-order valence-corrected chi connectivity index (χ2v) is 12.4. The fourth-order valence-corrected chi connectivity index (χ4v) is 7.09. The Labute approximate surface area is 227 Å². The fourth-order valence-electron chi connectivity index (χ4n) is 3.90. The first kappa shape index (κ1) is 26.9. The van der Waals surface area contributed by atoms with E-state index in [9.17, 15) is 18.0 Å². The number of hydrogen-bond donors (Lipinski definition) is 1. The Balaban J connectivity index is 1.66. The lowest BCUT2D eigenvalue weighted by Gasteiger charge is -2.24. The van der Waals surface area contributed by atoms with Gasteiger partial charge in [0, 0.05) is 11.7 Å². The maximum absolute atomic E-state index is 13.7. The van der Waals surface area contributed by atoms with E-state index in [-0.39, 0.29) is 15.8 Å². The third-order valence-corrected chi connectivity index (χ3v) is 9.04. The van der Waals surface area contributed by atoms with Crippen LogP contribution >= 0.6 is 27.3 Å². The first-order chi connectivity index (χ1) is 17.5. The molecule has 3 aromatic carbocycles. The number of methoxy groups -OCH3 is 1. The maximum atomic E-state index is 13.7. The van der Waals surface area contributed by atoms with Crippen LogP contribution in [0.3, 0.4) is 0 Å². The van der Waals surface area contributed by atoms with Gasteiger partial charge in [-0.05, 0) is 85.2 Å². The molecule has 1 aromatic heterocycles. The van der Waals surface area contributed by atoms with Gasteiger partial charge in [-0.25, -0.2) is 8.42 Å². The zero-order chi connectivity index (χ0) is 26.9. The summed E-state index contributed by atoms with van der Waals surface area (Å²) >= 11 is 4.44. The van der Waals surface area contributed by atoms with Crippen LogP contribution in [0.1, 0.15) is 25.5 Å². The Morgan fingerprint density at radius 3 is 2.43 bits per heavy atom. The van der Waals surface area contributed by atoms with Crippen molar-refractivity contribution in [2.45, 2.75) is 31.7 Å². The molecule has 0 aliphatic heterocycles. The van der Waals surface area contributed by atoms with Gasteiger partial charge >= 0.3 is 4.87 Å². The molecule has 0 atom stereocenters. The highest BCUT2D eigenvalue weighted by Gasteiger charge is 2.28. The Hall–Kier alpha value is -3.15. The summed E-state index contributed by atoms with van der Waals surface area (Å²) in [6.45, 7) is 5.32. The first-order valence-corrected chi connectivity index (χ1v) is 14.4. The number of carbonyl (C=O) groups excluding carboxylic acids is 1. The summed E-state index contributed by atoms with van der Waals surface area (Å²) in [6, 6.07) is 16.6. The van der Waals surface area contributed by atoms with Gasteiger partial charge in [0.25, 0.3) is 10.0 Å². The zero-order valence-corrected chi connectivity index (χ0v) is 23.9. The number of benzene rings is 3. The molecule has 0 spiro atoms. The Bertz CT molecular complexity index is 1630. The number of aromatic nitrogens is 1. The Kier molecular flexibility index (Phi) is 7.77. The average molecular weight is 605 g/mol. The normalized spacial score (nSPS) is 11.6. The molecule has 0 fully saturated rings. The Morgan fingerprint density at radius 1 is 1.11 bits per heavy atom. The summed E-state index contributed by atoms with van der Waals surface area (Å²) in [4.78, 5) is 25.4. The van der Waals surface area contributed by atoms with Gasteiger partial charge in [-0.2, -0.15) is 0 Å². The van der Waals surface area contributed by atoms with Gasteiger partial charge in [0.05, 0.1) is 32.4 Å². The molecule has 0 aliphatic rings. The minimum Gasteiger partial charge on any atom is -0.496 e. The predicted octanol–water partition coefficient (Wildman–Crippen LogP) is 5.56. The van der Waals surface area contributed by atoms with Crippen LogP contribution in [0, 0.1) is 6.92 Å². The second kappa shape index (κ2) is 10.7. The van der Waals surface area contributed by atoms with Gasteiger partial charge in [0.15, 0.2) is 0 Å². The number of aryl methyl sites for hydroxylation is 1. The van der Waals surface area contributed by atoms with Crippen molar-refractivity contribution in [3.63, 3.8) is 0 Å². The second-order valence-electron chi connectivity index (χ2n) is 8.71. The van der Waals surface area contributed by atoms with Gasteiger partial charge in [-0.15, -0.1) is 0 Å². The molecule has 8 nitrogen and oxygen atoms in total. The summed E-state index contributed by atoms with van der Waals surface area (Å²) in [6.07, 6.45) is 0. The number of anilines is 2. The number of thiazole rings is 1. The third kappa shape index (κ3) is 5.58. The molecule has 0 aliphatic carbocycles. The molecule has 0 saturated heterocycles. The van der Waals surface area contributed by atoms with Gasteiger partial charge < -0.3 is 10.1 Å². The standard InChI is InChI=1S/C26H26BrN3O5S2/c1-16(2)30-22-11-7-18(13-24(22)36-26(30)32)28-25(31)15-29(19-8-5-17(3)6-9-19)37(33,34)20-10-12-23(35-4)21(27)14-20/h5-14,16H,15H2,1-4H3,(H,28,31). The molecule has 1 heterocycles. The summed E-state index contributed by atoms with van der Waals surface area (Å²) in [5, 5.41) is 2.78. The molecule has 0 radical (unpaired) electrons. The number of fused-ring (bicyclic) bond motifs is 1. The average Bonchev–Trinajstić information content (AvgIpc) is 3.18. The topological polar surface area (TPSA) is 97.7 Å². The van der Waals surface area contributed by atoms with Crippen LogP contribution in [0.5, 0.6) is 5.75 Å². The van der Waals surface area contributed by atoms with E-state index in [1.165, 1.54) is 19.2 Å². The molecule has 4 rings (SSSR count). The smallest absolute Gasteiger partial charge is 0.308 e. The van der Waals surface area contributed by atoms with E-state index in [0.717, 1.165) is 31.4 Å². The number of carbonyl (C=O) groups is 1. The molecule has 1 N–H and O–H groups in total. The lowest BCUT2D eigenvalue weighted by molar-refractivity contribution is -0.114. The van der Waals surface area contributed by atoms with E-state index in [2.05, 4.69) is 21.2 Å². The van der Waals surface area contributed by atoms with Gasteiger partial charge in [-0.3, -0.25) is 18.5 Å². The minimum absolute atomic E-state index is 0.00737. The van der Waals surface area contributed by atoms with E-state index in [1.54, 1.807) is 53.1 Å². The van der Waals surface area contributed by atoms with Gasteiger partial charge in [0.2, 0.25) is 5.91 Å². The highest BCUT2D eigenvalue weighted by atomic mass is 79.9. The highest BCUT2D eigenvalue weighted by Crippen LogP contribution is 2.31. The number of nitrogens with zero attached hydrogens (tertiary/aromatic N) is 2. The van der Waals surface area contributed by atoms with Crippen molar-refractivity contribution in [2.24, 2.45) is 0 Å². The van der Waals surface area contributed by atoms with Crippen LogP contribution in [0.2, 0.25) is 0 Å². The summed E-state index contributed by atoms with van der Waals surface area (Å²) in [5.74, 6) is -0.0331. The number of ether oxygens (including phenoxy) is 1. The van der Waals surface area contributed by atoms with E-state index >= 15 is 0 Å². The molecule has 1 amide bonds. The summed E-state index contributed by atoms with van der Waals surface area (Å²) in [7, 11) is -2.61. The number of amides is 1. The monoisotopic (exact) mass is 603 g/mol. The van der Waals surface area contributed by atoms with Crippen LogP contribution < -0.4 is 19.2 Å². The molecule has 11 heteroatoms. The lowest BCUT2D eigenvalue weighted by Crippen LogP contribution is -2.38. The molecule has 0 saturated carbocycles. The highest BCUT2D eigenvalue weighted by molar-refractivity contribution is 9.10. The zero-order valence-electron chi connectivity index (χ0n) is 20.7. The summed E-state index contributed by atoms with van der Waals surface area (Å²) in [5.41, 5.74) is 2.58. The van der Waals surface area contributed by atoms with E-state index in [4.69, 9.17) is 4.74 Å². The van der Waals surface area contributed by atoms with Crippen molar-refractivity contribution in [1.82, 2.24) is 4.57 Å². The van der Waals surface area contributed by atoms with E-state index in [1.807, 2.05) is 20.8 Å². The molecular weight excluding hydrogens is 578 g/mol. The molecule has 0 bridgehead atoms. The van der Waals surface area contributed by atoms with Crippen molar-refractivity contribution in [1.29, 1.82) is 0 Å². The first-order valence-electron chi connectivity index (χ1n) is 11.4. The molecule has 194 valence electrons. The summed E-state index contributed by atoms with van der Waals surface area (Å²) < 4.78 is 36.6. The number of halogens is 1. The van der Waals surface area contributed by atoms with Gasteiger partial charge in [0.1, 0.15) is 12.3 Å². The van der Waals surface area contributed by atoms with Crippen molar-refractivity contribution < 1.29 is 17.9 Å². The van der Waals surface area contributed by atoms with Gasteiger partial charge in [-0.1, -0.05) is 29.0 Å². The SMILES string of the molecule is COc1ccc(S(=O)(=O)N(CC(=O)Nc2ccc3c(c2)sc(=O)n3C(C)C)c2ccc(C)cc2)cc1Br. The maximum Gasteiger partial charge on any atom is 0.308 e. The van der Waals surface area contributed by atoms with Crippen molar-refractivity contribution in [3.05, 3.63) is 80.4 Å². The number of sulfonamides is 1. The van der Waals surface area contributed by atoms with Crippen LogP contribution in [0.15, 0.2) is 74.8 Å². The third-order valence-electron chi connectivity index (χ3n) is 5.73. The quantitative estimate of drug-likeness (QED) is 0.284. The molecule has 0 unspecified atom stereocenters. The molecule has 4 aromatic rings. The van der Waals surface area contributed by atoms with E-state index < -0.39 is 22.5 Å². The van der Waals surface area contributed by atoms with E-state index in [0.29, 0.717) is 21.6 Å². The number of hydrogen-bond acceptors (Lipinski definition) is 6. The number of nitrogens with one attached hydrogen (secondary N) is 1. The number of rotatable bonds is 8. The van der Waals surface area contributed by atoms with Crippen LogP contribution in [-0.2, 0) is 14.8 Å². The van der Waals surface area contributed by atoms with Crippen LogP contribution in [0.25, 0.3) is 10.2 Å². The predicted molar refractivity (Wildman–Crippen MR) is 152 cm³/mol. The minimum atomic E-state index is -4.10.